The van der Waals surface area contributed by atoms with Crippen LogP contribution in [0.25, 0.3) is 0 Å². The molecule has 1 heterocycles. The molecule has 1 saturated carbocycles. The van der Waals surface area contributed by atoms with Gasteiger partial charge in [-0.05, 0) is 48.3 Å². The zero-order valence-corrected chi connectivity index (χ0v) is 17.0. The number of nitrogens with one attached hydrogen (secondary N) is 2. The minimum absolute atomic E-state index is 0.0345. The molecule has 7 heteroatoms. The molecule has 152 valence electrons. The second-order valence-electron chi connectivity index (χ2n) is 8.88. The van der Waals surface area contributed by atoms with Crippen LogP contribution in [0.3, 0.4) is 0 Å². The monoisotopic (exact) mass is 387 g/mol. The SMILES string of the molecule is COc1ccc(CNC(=O)CN2C(=O)N[C@@]3(C[C@H](C)CC(C)(C)C3)C2=O)cc1. The van der Waals surface area contributed by atoms with Crippen molar-refractivity contribution >= 4 is 17.8 Å². The summed E-state index contributed by atoms with van der Waals surface area (Å²) in [6.07, 6.45) is 2.23. The Kier molecular flexibility index (Phi) is 5.37. The van der Waals surface area contributed by atoms with Gasteiger partial charge in [0.15, 0.2) is 0 Å². The van der Waals surface area contributed by atoms with Crippen molar-refractivity contribution in [3.63, 3.8) is 0 Å². The molecule has 1 aromatic carbocycles. The van der Waals surface area contributed by atoms with Gasteiger partial charge in [-0.2, -0.15) is 0 Å². The van der Waals surface area contributed by atoms with E-state index in [1.807, 2.05) is 24.3 Å². The van der Waals surface area contributed by atoms with Crippen LogP contribution in [0.1, 0.15) is 45.6 Å². The summed E-state index contributed by atoms with van der Waals surface area (Å²) in [6, 6.07) is 6.86. The van der Waals surface area contributed by atoms with Crippen molar-refractivity contribution in [2.45, 2.75) is 52.1 Å². The number of rotatable bonds is 5. The minimum Gasteiger partial charge on any atom is -0.497 e. The molecule has 3 rings (SSSR count). The standard InChI is InChI=1S/C21H29N3O4/c1-14-9-20(2,3)13-21(10-14)18(26)24(19(27)23-21)12-17(25)22-11-15-5-7-16(28-4)8-6-15/h5-8,14H,9-13H2,1-4H3,(H,22,25)(H,23,27)/t14-,21-/m1/s1. The van der Waals surface area contributed by atoms with Gasteiger partial charge in [-0.1, -0.05) is 32.9 Å². The maximum atomic E-state index is 13.1. The molecule has 2 atom stereocenters. The lowest BCUT2D eigenvalue weighted by molar-refractivity contribution is -0.137. The smallest absolute Gasteiger partial charge is 0.325 e. The van der Waals surface area contributed by atoms with Crippen molar-refractivity contribution in [1.29, 1.82) is 0 Å². The lowest BCUT2D eigenvalue weighted by Gasteiger charge is -2.43. The summed E-state index contributed by atoms with van der Waals surface area (Å²) < 4.78 is 5.11. The van der Waals surface area contributed by atoms with E-state index in [4.69, 9.17) is 4.74 Å². The van der Waals surface area contributed by atoms with Crippen molar-refractivity contribution in [2.24, 2.45) is 11.3 Å². The Balaban J connectivity index is 1.61. The van der Waals surface area contributed by atoms with Gasteiger partial charge in [0.1, 0.15) is 17.8 Å². The summed E-state index contributed by atoms with van der Waals surface area (Å²) in [6.45, 7) is 6.40. The van der Waals surface area contributed by atoms with Crippen molar-refractivity contribution in [2.75, 3.05) is 13.7 Å². The summed E-state index contributed by atoms with van der Waals surface area (Å²) in [7, 11) is 1.59. The number of urea groups is 1. The van der Waals surface area contributed by atoms with Crippen molar-refractivity contribution in [1.82, 2.24) is 15.5 Å². The third-order valence-corrected chi connectivity index (χ3v) is 5.57. The van der Waals surface area contributed by atoms with E-state index in [2.05, 4.69) is 31.4 Å². The summed E-state index contributed by atoms with van der Waals surface area (Å²) >= 11 is 0. The number of carbonyl (C=O) groups excluding carboxylic acids is 3. The van der Waals surface area contributed by atoms with Crippen molar-refractivity contribution < 1.29 is 19.1 Å². The van der Waals surface area contributed by atoms with Gasteiger partial charge in [-0.3, -0.25) is 14.5 Å². The summed E-state index contributed by atoms with van der Waals surface area (Å²) in [5.41, 5.74) is -0.00689. The first-order chi connectivity index (χ1) is 13.1. The summed E-state index contributed by atoms with van der Waals surface area (Å²) in [4.78, 5) is 38.9. The van der Waals surface area contributed by atoms with E-state index < -0.39 is 11.6 Å². The first kappa shape index (κ1) is 20.2. The molecular formula is C21H29N3O4. The number of hydrogen-bond acceptors (Lipinski definition) is 4. The van der Waals surface area contributed by atoms with E-state index in [1.165, 1.54) is 0 Å². The zero-order chi connectivity index (χ0) is 20.5. The predicted molar refractivity (Wildman–Crippen MR) is 105 cm³/mol. The van der Waals surface area contributed by atoms with Crippen molar-refractivity contribution in [3.8, 4) is 5.75 Å². The number of benzene rings is 1. The number of ether oxygens (including phenoxy) is 1. The molecular weight excluding hydrogens is 358 g/mol. The van der Waals surface area contributed by atoms with Crippen molar-refractivity contribution in [3.05, 3.63) is 29.8 Å². The molecule has 4 amide bonds. The fourth-order valence-corrected chi connectivity index (χ4v) is 4.79. The molecule has 1 saturated heterocycles. The van der Waals surface area contributed by atoms with Gasteiger partial charge in [0.25, 0.3) is 5.91 Å². The number of hydrogen-bond donors (Lipinski definition) is 2. The number of carbonyl (C=O) groups is 3. The fourth-order valence-electron chi connectivity index (χ4n) is 4.79. The molecule has 0 unspecified atom stereocenters. The first-order valence-corrected chi connectivity index (χ1v) is 9.68. The second kappa shape index (κ2) is 7.45. The van der Waals surface area contributed by atoms with E-state index in [1.54, 1.807) is 7.11 Å². The zero-order valence-electron chi connectivity index (χ0n) is 17.0. The molecule has 28 heavy (non-hydrogen) atoms. The summed E-state index contributed by atoms with van der Waals surface area (Å²) in [5, 5.41) is 5.66. The highest BCUT2D eigenvalue weighted by atomic mass is 16.5. The van der Waals surface area contributed by atoms with E-state index >= 15 is 0 Å². The highest BCUT2D eigenvalue weighted by molar-refractivity contribution is 6.09. The van der Waals surface area contributed by atoms with Crippen LogP contribution in [0.5, 0.6) is 5.75 Å². The third kappa shape index (κ3) is 4.13. The highest BCUT2D eigenvalue weighted by Gasteiger charge is 2.56. The van der Waals surface area contributed by atoms with Crippen LogP contribution in [0.15, 0.2) is 24.3 Å². The molecule has 2 N–H and O–H groups in total. The van der Waals surface area contributed by atoms with E-state index in [9.17, 15) is 14.4 Å². The Labute approximate surface area is 165 Å². The van der Waals surface area contributed by atoms with Gasteiger partial charge in [-0.15, -0.1) is 0 Å². The largest absolute Gasteiger partial charge is 0.497 e. The maximum absolute atomic E-state index is 13.1. The van der Waals surface area contributed by atoms with E-state index in [-0.39, 0.29) is 23.8 Å². The topological polar surface area (TPSA) is 87.7 Å². The molecule has 2 fully saturated rings. The molecule has 0 aromatic heterocycles. The van der Waals surface area contributed by atoms with Crippen LogP contribution in [-0.4, -0.2) is 41.9 Å². The fraction of sp³-hybridized carbons (Fsp3) is 0.571. The lowest BCUT2D eigenvalue weighted by Crippen LogP contribution is -2.54. The molecule has 1 spiro atoms. The third-order valence-electron chi connectivity index (χ3n) is 5.57. The predicted octanol–water partition coefficient (Wildman–Crippen LogP) is 2.45. The Morgan fingerprint density at radius 2 is 1.93 bits per heavy atom. The first-order valence-electron chi connectivity index (χ1n) is 9.68. The van der Waals surface area contributed by atoms with Crippen LogP contribution < -0.4 is 15.4 Å². The van der Waals surface area contributed by atoms with Gasteiger partial charge < -0.3 is 15.4 Å². The van der Waals surface area contributed by atoms with Crippen LogP contribution in [-0.2, 0) is 16.1 Å². The van der Waals surface area contributed by atoms with Crippen LogP contribution in [0, 0.1) is 11.3 Å². The summed E-state index contributed by atoms with van der Waals surface area (Å²) in [5.74, 6) is 0.428. The van der Waals surface area contributed by atoms with Gasteiger partial charge in [-0.25, -0.2) is 4.79 Å². The highest BCUT2D eigenvalue weighted by Crippen LogP contribution is 2.46. The Morgan fingerprint density at radius 3 is 2.54 bits per heavy atom. The average molecular weight is 387 g/mol. The lowest BCUT2D eigenvalue weighted by atomic mass is 9.64. The minimum atomic E-state index is -0.880. The number of imide groups is 1. The molecule has 1 aliphatic carbocycles. The van der Waals surface area contributed by atoms with Gasteiger partial charge >= 0.3 is 6.03 Å². The number of nitrogens with zero attached hydrogens (tertiary/aromatic N) is 1. The second-order valence-corrected chi connectivity index (χ2v) is 8.88. The van der Waals surface area contributed by atoms with E-state index in [0.717, 1.165) is 22.6 Å². The Hall–Kier alpha value is -2.57. The normalized spacial score (nSPS) is 26.3. The maximum Gasteiger partial charge on any atom is 0.325 e. The van der Waals surface area contributed by atoms with Gasteiger partial charge in [0.05, 0.1) is 7.11 Å². The molecule has 0 bridgehead atoms. The Bertz CT molecular complexity index is 774. The molecule has 1 aliphatic heterocycles. The molecule has 2 aliphatic rings. The quantitative estimate of drug-likeness (QED) is 0.760. The number of methoxy groups -OCH3 is 1. The van der Waals surface area contributed by atoms with Crippen LogP contribution >= 0.6 is 0 Å². The van der Waals surface area contributed by atoms with E-state index in [0.29, 0.717) is 25.3 Å². The Morgan fingerprint density at radius 1 is 1.25 bits per heavy atom. The molecule has 0 radical (unpaired) electrons. The average Bonchev–Trinajstić information content (AvgIpc) is 2.82. The number of amides is 4. The molecule has 7 nitrogen and oxygen atoms in total. The van der Waals surface area contributed by atoms with Crippen LogP contribution in [0.2, 0.25) is 0 Å². The van der Waals surface area contributed by atoms with Gasteiger partial charge in [0.2, 0.25) is 5.91 Å². The molecule has 1 aromatic rings. The van der Waals surface area contributed by atoms with Gasteiger partial charge in [0, 0.05) is 6.54 Å². The van der Waals surface area contributed by atoms with Crippen LogP contribution in [0.4, 0.5) is 4.79 Å².